The maximum atomic E-state index is 11.7. The first-order valence-electron chi connectivity index (χ1n) is 6.01. The van der Waals surface area contributed by atoms with Crippen molar-refractivity contribution in [1.82, 2.24) is 0 Å². The third kappa shape index (κ3) is 7.63. The van der Waals surface area contributed by atoms with Gasteiger partial charge in [-0.15, -0.1) is 0 Å². The van der Waals surface area contributed by atoms with E-state index in [2.05, 4.69) is 4.74 Å². The van der Waals surface area contributed by atoms with Gasteiger partial charge in [0.2, 0.25) is 0 Å². The number of hydrogen-bond donors (Lipinski definition) is 1. The van der Waals surface area contributed by atoms with Gasteiger partial charge in [-0.1, -0.05) is 12.1 Å². The zero-order chi connectivity index (χ0) is 15.0. The minimum absolute atomic E-state index is 0.156. The van der Waals surface area contributed by atoms with Crippen LogP contribution in [-0.2, 0) is 20.7 Å². The SMILES string of the molecule is Nc1ccc(CCC(=O)OCCOCC(F)(F)F)cc1. The molecule has 0 radical (unpaired) electrons. The second kappa shape index (κ2) is 7.74. The molecule has 0 heterocycles. The minimum Gasteiger partial charge on any atom is -0.463 e. The highest BCUT2D eigenvalue weighted by Gasteiger charge is 2.27. The third-order valence-electron chi connectivity index (χ3n) is 2.35. The molecule has 1 aromatic carbocycles. The summed E-state index contributed by atoms with van der Waals surface area (Å²) in [4.78, 5) is 11.3. The van der Waals surface area contributed by atoms with Crippen molar-refractivity contribution in [2.45, 2.75) is 19.0 Å². The lowest BCUT2D eigenvalue weighted by Gasteiger charge is -2.08. The minimum atomic E-state index is -4.36. The Balaban J connectivity index is 2.10. The molecule has 0 amide bonds. The number of hydrogen-bond acceptors (Lipinski definition) is 4. The van der Waals surface area contributed by atoms with E-state index >= 15 is 0 Å². The second-order valence-electron chi connectivity index (χ2n) is 4.13. The molecule has 0 aliphatic rings. The Morgan fingerprint density at radius 1 is 1.15 bits per heavy atom. The van der Waals surface area contributed by atoms with Gasteiger partial charge in [0, 0.05) is 12.1 Å². The van der Waals surface area contributed by atoms with E-state index in [4.69, 9.17) is 10.5 Å². The fourth-order valence-electron chi connectivity index (χ4n) is 1.41. The monoisotopic (exact) mass is 291 g/mol. The van der Waals surface area contributed by atoms with Crippen molar-refractivity contribution in [3.8, 4) is 0 Å². The quantitative estimate of drug-likeness (QED) is 0.476. The maximum absolute atomic E-state index is 11.7. The van der Waals surface area contributed by atoms with Crippen LogP contribution >= 0.6 is 0 Å². The van der Waals surface area contributed by atoms with Crippen LogP contribution in [0.15, 0.2) is 24.3 Å². The molecule has 7 heteroatoms. The molecule has 0 spiro atoms. The van der Waals surface area contributed by atoms with E-state index in [0.717, 1.165) is 5.56 Å². The predicted octanol–water partition coefficient (Wildman–Crippen LogP) is 2.32. The highest BCUT2D eigenvalue weighted by atomic mass is 19.4. The molecule has 1 aromatic rings. The van der Waals surface area contributed by atoms with Crippen LogP contribution in [0.2, 0.25) is 0 Å². The van der Waals surface area contributed by atoms with Gasteiger partial charge in [0.05, 0.1) is 6.61 Å². The highest BCUT2D eigenvalue weighted by Crippen LogP contribution is 2.14. The van der Waals surface area contributed by atoms with Gasteiger partial charge in [0.1, 0.15) is 13.2 Å². The summed E-state index contributed by atoms with van der Waals surface area (Å²) in [7, 11) is 0. The summed E-state index contributed by atoms with van der Waals surface area (Å²) in [6.07, 6.45) is -3.72. The summed E-state index contributed by atoms with van der Waals surface area (Å²) in [6, 6.07) is 7.06. The number of esters is 1. The Morgan fingerprint density at radius 2 is 1.80 bits per heavy atom. The molecule has 0 saturated heterocycles. The van der Waals surface area contributed by atoms with Crippen molar-refractivity contribution >= 4 is 11.7 Å². The molecule has 0 aliphatic carbocycles. The Morgan fingerprint density at radius 3 is 2.40 bits per heavy atom. The number of rotatable bonds is 7. The second-order valence-corrected chi connectivity index (χ2v) is 4.13. The number of carbonyl (C=O) groups is 1. The first-order chi connectivity index (χ1) is 9.37. The van der Waals surface area contributed by atoms with Crippen molar-refractivity contribution in [3.05, 3.63) is 29.8 Å². The number of ether oxygens (including phenoxy) is 2. The van der Waals surface area contributed by atoms with Crippen molar-refractivity contribution in [3.63, 3.8) is 0 Å². The molecule has 1 rings (SSSR count). The Labute approximate surface area is 114 Å². The summed E-state index contributed by atoms with van der Waals surface area (Å²) in [5.41, 5.74) is 7.09. The van der Waals surface area contributed by atoms with Gasteiger partial charge < -0.3 is 15.2 Å². The standard InChI is InChI=1S/C13H16F3NO3/c14-13(15,16)9-19-7-8-20-12(18)6-3-10-1-4-11(17)5-2-10/h1-2,4-5H,3,6-9,17H2. The highest BCUT2D eigenvalue weighted by molar-refractivity contribution is 5.69. The molecule has 20 heavy (non-hydrogen) atoms. The van der Waals surface area contributed by atoms with E-state index in [1.54, 1.807) is 24.3 Å². The maximum Gasteiger partial charge on any atom is 0.411 e. The lowest BCUT2D eigenvalue weighted by atomic mass is 10.1. The van der Waals surface area contributed by atoms with E-state index in [1.807, 2.05) is 0 Å². The molecule has 2 N–H and O–H groups in total. The predicted molar refractivity (Wildman–Crippen MR) is 67.0 cm³/mol. The molecule has 0 atom stereocenters. The molecule has 0 unspecified atom stereocenters. The topological polar surface area (TPSA) is 61.6 Å². The first-order valence-corrected chi connectivity index (χ1v) is 6.01. The molecular formula is C13H16F3NO3. The van der Waals surface area contributed by atoms with E-state index in [1.165, 1.54) is 0 Å². The van der Waals surface area contributed by atoms with Crippen LogP contribution in [0.3, 0.4) is 0 Å². The zero-order valence-corrected chi connectivity index (χ0v) is 10.8. The lowest BCUT2D eigenvalue weighted by molar-refractivity contribution is -0.177. The van der Waals surface area contributed by atoms with E-state index in [0.29, 0.717) is 12.1 Å². The largest absolute Gasteiger partial charge is 0.463 e. The number of nitrogen functional groups attached to an aromatic ring is 1. The number of nitrogens with two attached hydrogens (primary N) is 1. The lowest BCUT2D eigenvalue weighted by Crippen LogP contribution is -2.19. The van der Waals surface area contributed by atoms with E-state index < -0.39 is 18.8 Å². The Hall–Kier alpha value is -1.76. The van der Waals surface area contributed by atoms with Gasteiger partial charge in [-0.2, -0.15) is 13.2 Å². The molecule has 0 bridgehead atoms. The summed E-state index contributed by atoms with van der Waals surface area (Å²) in [5, 5.41) is 0. The molecule has 0 fully saturated rings. The van der Waals surface area contributed by atoms with Crippen molar-refractivity contribution in [1.29, 1.82) is 0 Å². The Bertz CT molecular complexity index is 418. The smallest absolute Gasteiger partial charge is 0.411 e. The molecule has 4 nitrogen and oxygen atoms in total. The van der Waals surface area contributed by atoms with Crippen LogP contribution in [0.4, 0.5) is 18.9 Å². The van der Waals surface area contributed by atoms with Crippen LogP contribution in [0, 0.1) is 0 Å². The summed E-state index contributed by atoms with van der Waals surface area (Å²) < 4.78 is 44.3. The van der Waals surface area contributed by atoms with Crippen LogP contribution in [0.1, 0.15) is 12.0 Å². The molecule has 0 aromatic heterocycles. The van der Waals surface area contributed by atoms with E-state index in [9.17, 15) is 18.0 Å². The Kier molecular flexibility index (Phi) is 6.30. The molecular weight excluding hydrogens is 275 g/mol. The van der Waals surface area contributed by atoms with Gasteiger partial charge >= 0.3 is 12.1 Å². The number of carbonyl (C=O) groups excluding carboxylic acids is 1. The average Bonchev–Trinajstić information content (AvgIpc) is 2.36. The van der Waals surface area contributed by atoms with Gasteiger partial charge in [0.15, 0.2) is 0 Å². The number of aryl methyl sites for hydroxylation is 1. The molecule has 0 aliphatic heterocycles. The molecule has 112 valence electrons. The summed E-state index contributed by atoms with van der Waals surface area (Å²) >= 11 is 0. The fraction of sp³-hybridized carbons (Fsp3) is 0.462. The van der Waals surface area contributed by atoms with Gasteiger partial charge in [0.25, 0.3) is 0 Å². The number of benzene rings is 1. The van der Waals surface area contributed by atoms with Crippen LogP contribution in [0.25, 0.3) is 0 Å². The molecule has 0 saturated carbocycles. The van der Waals surface area contributed by atoms with Crippen LogP contribution < -0.4 is 5.73 Å². The fourth-order valence-corrected chi connectivity index (χ4v) is 1.41. The number of anilines is 1. The number of halogens is 3. The van der Waals surface area contributed by atoms with Crippen LogP contribution in [0.5, 0.6) is 0 Å². The zero-order valence-electron chi connectivity index (χ0n) is 10.8. The van der Waals surface area contributed by atoms with Crippen molar-refractivity contribution < 1.29 is 27.4 Å². The van der Waals surface area contributed by atoms with Crippen molar-refractivity contribution in [2.75, 3.05) is 25.6 Å². The normalized spacial score (nSPS) is 11.3. The third-order valence-corrected chi connectivity index (χ3v) is 2.35. The van der Waals surface area contributed by atoms with Gasteiger partial charge in [-0.05, 0) is 24.1 Å². The average molecular weight is 291 g/mol. The summed E-state index contributed by atoms with van der Waals surface area (Å²) in [6.45, 7) is -1.79. The van der Waals surface area contributed by atoms with Gasteiger partial charge in [-0.25, -0.2) is 0 Å². The number of alkyl halides is 3. The van der Waals surface area contributed by atoms with Crippen LogP contribution in [-0.4, -0.2) is 32.0 Å². The van der Waals surface area contributed by atoms with Gasteiger partial charge in [-0.3, -0.25) is 4.79 Å². The van der Waals surface area contributed by atoms with Crippen molar-refractivity contribution in [2.24, 2.45) is 0 Å². The summed E-state index contributed by atoms with van der Waals surface area (Å²) in [5.74, 6) is -0.475. The van der Waals surface area contributed by atoms with E-state index in [-0.39, 0.29) is 19.6 Å². The first kappa shape index (κ1) is 16.3.